The zero-order valence-corrected chi connectivity index (χ0v) is 17.0. The third-order valence-electron chi connectivity index (χ3n) is 4.85. The second kappa shape index (κ2) is 11.0. The fourth-order valence-electron chi connectivity index (χ4n) is 3.04. The number of pyridine rings is 1. The van der Waals surface area contributed by atoms with Crippen molar-refractivity contribution in [1.29, 1.82) is 0 Å². The first-order valence-electron chi connectivity index (χ1n) is 9.87. The molecule has 0 spiro atoms. The lowest BCUT2D eigenvalue weighted by molar-refractivity contribution is -0.765. The summed E-state index contributed by atoms with van der Waals surface area (Å²) in [7, 11) is 0. The molecule has 1 aliphatic heterocycles. The number of esters is 2. The molecule has 10 heteroatoms. The molecule has 2 heterocycles. The van der Waals surface area contributed by atoms with E-state index in [0.29, 0.717) is 12.8 Å². The van der Waals surface area contributed by atoms with E-state index in [-0.39, 0.29) is 31.1 Å². The van der Waals surface area contributed by atoms with Gasteiger partial charge in [-0.15, -0.1) is 0 Å². The summed E-state index contributed by atoms with van der Waals surface area (Å²) in [6.07, 6.45) is -1.07. The number of carboxylic acids is 1. The zero-order chi connectivity index (χ0) is 22.3. The van der Waals surface area contributed by atoms with Crippen molar-refractivity contribution >= 4 is 17.9 Å². The molecule has 0 saturated carbocycles. The molecule has 4 atom stereocenters. The van der Waals surface area contributed by atoms with E-state index in [0.717, 1.165) is 0 Å². The van der Waals surface area contributed by atoms with Crippen LogP contribution in [-0.4, -0.2) is 64.3 Å². The van der Waals surface area contributed by atoms with Gasteiger partial charge in [0.05, 0.1) is 12.8 Å². The van der Waals surface area contributed by atoms with Gasteiger partial charge in [0.1, 0.15) is 30.5 Å². The van der Waals surface area contributed by atoms with Gasteiger partial charge in [0.2, 0.25) is 0 Å². The van der Waals surface area contributed by atoms with Crippen LogP contribution in [0.15, 0.2) is 24.5 Å². The third kappa shape index (κ3) is 6.22. The molecular formula is C20H28NO9+. The Bertz CT molecular complexity index is 750. The number of carbonyl (C=O) groups is 3. The Balaban J connectivity index is 1.84. The highest BCUT2D eigenvalue weighted by atomic mass is 16.6. The number of aliphatic hydroxyl groups excluding tert-OH is 2. The maximum absolute atomic E-state index is 11.9. The van der Waals surface area contributed by atoms with E-state index in [4.69, 9.17) is 19.3 Å². The van der Waals surface area contributed by atoms with Gasteiger partial charge in [0, 0.05) is 6.07 Å². The fraction of sp³-hybridized carbons (Fsp3) is 0.600. The standard InChI is InChI=1S/C20H27NO9/c1-3-13(4-2)29-16(23)8-7-15(22)28-11-14-17(24)18(25)19(30-14)21-9-5-6-12(10-21)20(26)27/h5-6,9-10,13-14,17-19,24-25H,3-4,7-8,11H2,1-2H3/p+1/t14-,17-,18-,19-/m1/s1. The summed E-state index contributed by atoms with van der Waals surface area (Å²) >= 11 is 0. The smallest absolute Gasteiger partial charge is 0.341 e. The van der Waals surface area contributed by atoms with E-state index < -0.39 is 42.4 Å². The first-order valence-corrected chi connectivity index (χ1v) is 9.87. The number of ether oxygens (including phenoxy) is 3. The molecule has 1 aromatic heterocycles. The Morgan fingerprint density at radius 1 is 1.13 bits per heavy atom. The normalized spacial score (nSPS) is 23.4. The maximum Gasteiger partial charge on any atom is 0.341 e. The number of hydrogen-bond donors (Lipinski definition) is 3. The van der Waals surface area contributed by atoms with Crippen molar-refractivity contribution in [2.45, 2.75) is 70.2 Å². The van der Waals surface area contributed by atoms with E-state index in [2.05, 4.69) is 0 Å². The van der Waals surface area contributed by atoms with Crippen LogP contribution < -0.4 is 4.57 Å². The van der Waals surface area contributed by atoms with Gasteiger partial charge in [-0.05, 0) is 18.9 Å². The summed E-state index contributed by atoms with van der Waals surface area (Å²) < 4.78 is 17.2. The number of aliphatic hydroxyl groups is 2. The van der Waals surface area contributed by atoms with Gasteiger partial charge in [0.25, 0.3) is 6.23 Å². The van der Waals surface area contributed by atoms with E-state index in [9.17, 15) is 24.6 Å². The van der Waals surface area contributed by atoms with Gasteiger partial charge in [0.15, 0.2) is 18.5 Å². The minimum atomic E-state index is -1.35. The summed E-state index contributed by atoms with van der Waals surface area (Å²) in [5, 5.41) is 29.5. The van der Waals surface area contributed by atoms with E-state index in [1.54, 1.807) is 0 Å². The lowest BCUT2D eigenvalue weighted by Gasteiger charge is -2.15. The van der Waals surface area contributed by atoms with Gasteiger partial charge in [-0.25, -0.2) is 4.79 Å². The molecule has 10 nitrogen and oxygen atoms in total. The number of carboxylic acid groups (broad SMARTS) is 1. The molecule has 0 bridgehead atoms. The summed E-state index contributed by atoms with van der Waals surface area (Å²) in [6.45, 7) is 3.48. The highest BCUT2D eigenvalue weighted by Gasteiger charge is 2.48. The number of carbonyl (C=O) groups excluding carboxylic acids is 2. The first kappa shape index (κ1) is 23.7. The van der Waals surface area contributed by atoms with E-state index in [1.165, 1.54) is 29.1 Å². The minimum Gasteiger partial charge on any atom is -0.477 e. The average molecular weight is 426 g/mol. The number of rotatable bonds is 10. The molecule has 0 radical (unpaired) electrons. The minimum absolute atomic E-state index is 0.0158. The molecule has 1 fully saturated rings. The van der Waals surface area contributed by atoms with Gasteiger partial charge < -0.3 is 29.5 Å². The quantitative estimate of drug-likeness (QED) is 0.356. The molecule has 3 N–H and O–H groups in total. The second-order valence-corrected chi connectivity index (χ2v) is 7.00. The van der Waals surface area contributed by atoms with Crippen LogP contribution in [0.2, 0.25) is 0 Å². The van der Waals surface area contributed by atoms with Crippen molar-refractivity contribution in [3.63, 3.8) is 0 Å². The summed E-state index contributed by atoms with van der Waals surface area (Å²) in [4.78, 5) is 34.7. The van der Waals surface area contributed by atoms with Crippen LogP contribution in [0.5, 0.6) is 0 Å². The molecular weight excluding hydrogens is 398 g/mol. The summed E-state index contributed by atoms with van der Waals surface area (Å²) in [5.74, 6) is -2.29. The number of aromatic carboxylic acids is 1. The molecule has 30 heavy (non-hydrogen) atoms. The summed E-state index contributed by atoms with van der Waals surface area (Å²) in [5.41, 5.74) is -0.0158. The van der Waals surface area contributed by atoms with Crippen molar-refractivity contribution in [3.8, 4) is 0 Å². The maximum atomic E-state index is 11.9. The summed E-state index contributed by atoms with van der Waals surface area (Å²) in [6, 6.07) is 2.85. The van der Waals surface area contributed by atoms with Crippen LogP contribution in [-0.2, 0) is 23.8 Å². The van der Waals surface area contributed by atoms with Crippen molar-refractivity contribution in [2.24, 2.45) is 0 Å². The molecule has 1 aromatic rings. The molecule has 0 aromatic carbocycles. The highest BCUT2D eigenvalue weighted by Crippen LogP contribution is 2.26. The first-order chi connectivity index (χ1) is 14.3. The molecule has 1 saturated heterocycles. The second-order valence-electron chi connectivity index (χ2n) is 7.00. The third-order valence-corrected chi connectivity index (χ3v) is 4.85. The van der Waals surface area contributed by atoms with Crippen LogP contribution >= 0.6 is 0 Å². The molecule has 2 rings (SSSR count). The SMILES string of the molecule is CCC(CC)OC(=O)CCC(=O)OC[C@H]1O[C@@H]([n+]2cccc(C(=O)O)c2)[C@H](O)[C@@H]1O. The van der Waals surface area contributed by atoms with Crippen LogP contribution in [0.3, 0.4) is 0 Å². The lowest BCUT2D eigenvalue weighted by atomic mass is 10.1. The van der Waals surface area contributed by atoms with Crippen molar-refractivity contribution in [2.75, 3.05) is 6.61 Å². The Hall–Kier alpha value is -2.56. The van der Waals surface area contributed by atoms with E-state index in [1.807, 2.05) is 13.8 Å². The largest absolute Gasteiger partial charge is 0.477 e. The number of hydrogen-bond acceptors (Lipinski definition) is 8. The molecule has 0 aliphatic carbocycles. The molecule has 1 aliphatic rings. The van der Waals surface area contributed by atoms with Gasteiger partial charge in [-0.2, -0.15) is 4.57 Å². The van der Waals surface area contributed by atoms with Crippen molar-refractivity contribution < 1.29 is 48.5 Å². The van der Waals surface area contributed by atoms with Gasteiger partial charge >= 0.3 is 17.9 Å². The van der Waals surface area contributed by atoms with Crippen LogP contribution in [0.25, 0.3) is 0 Å². The molecule has 166 valence electrons. The number of nitrogens with zero attached hydrogens (tertiary/aromatic N) is 1. The van der Waals surface area contributed by atoms with Gasteiger partial charge in [-0.1, -0.05) is 13.8 Å². The van der Waals surface area contributed by atoms with Crippen molar-refractivity contribution in [1.82, 2.24) is 0 Å². The van der Waals surface area contributed by atoms with Crippen LogP contribution in [0.1, 0.15) is 56.1 Å². The molecule has 0 amide bonds. The predicted octanol–water partition coefficient (Wildman–Crippen LogP) is 0.347. The Morgan fingerprint density at radius 2 is 1.80 bits per heavy atom. The Morgan fingerprint density at radius 3 is 2.43 bits per heavy atom. The lowest BCUT2D eigenvalue weighted by Crippen LogP contribution is -2.46. The van der Waals surface area contributed by atoms with Crippen LogP contribution in [0.4, 0.5) is 0 Å². The average Bonchev–Trinajstić information content (AvgIpc) is 3.03. The zero-order valence-electron chi connectivity index (χ0n) is 17.0. The predicted molar refractivity (Wildman–Crippen MR) is 100 cm³/mol. The van der Waals surface area contributed by atoms with E-state index >= 15 is 0 Å². The monoisotopic (exact) mass is 426 g/mol. The van der Waals surface area contributed by atoms with Crippen LogP contribution in [0, 0.1) is 0 Å². The van der Waals surface area contributed by atoms with Crippen molar-refractivity contribution in [3.05, 3.63) is 30.1 Å². The fourth-order valence-corrected chi connectivity index (χ4v) is 3.04. The molecule has 0 unspecified atom stereocenters. The Kier molecular flexibility index (Phi) is 8.70. The highest BCUT2D eigenvalue weighted by molar-refractivity contribution is 5.86. The Labute approximate surface area is 174 Å². The topological polar surface area (TPSA) is 143 Å². The van der Waals surface area contributed by atoms with Gasteiger partial charge in [-0.3, -0.25) is 9.59 Å². The number of aromatic nitrogens is 1.